The number of aromatic nitrogens is 6. The maximum atomic E-state index is 6.02. The van der Waals surface area contributed by atoms with Gasteiger partial charge in [0.05, 0.1) is 26.0 Å². The van der Waals surface area contributed by atoms with Crippen LogP contribution >= 0.6 is 11.6 Å². The zero-order chi connectivity index (χ0) is 22.1. The monoisotopic (exact) mass is 448 g/mol. The Morgan fingerprint density at radius 3 is 2.78 bits per heavy atom. The van der Waals surface area contributed by atoms with E-state index in [4.69, 9.17) is 26.1 Å². The van der Waals surface area contributed by atoms with Gasteiger partial charge in [0.2, 0.25) is 0 Å². The van der Waals surface area contributed by atoms with E-state index < -0.39 is 0 Å². The molecule has 1 aromatic carbocycles. The minimum absolute atomic E-state index is 0.268. The molecule has 0 unspecified atom stereocenters. The molecule has 0 N–H and O–H groups in total. The molecule has 0 radical (unpaired) electrons. The number of ether oxygens (including phenoxy) is 2. The summed E-state index contributed by atoms with van der Waals surface area (Å²) in [5.41, 5.74) is 2.78. The minimum Gasteiger partial charge on any atom is -0.493 e. The third-order valence-corrected chi connectivity index (χ3v) is 5.42. The highest BCUT2D eigenvalue weighted by atomic mass is 35.5. The van der Waals surface area contributed by atoms with Gasteiger partial charge >= 0.3 is 0 Å². The van der Waals surface area contributed by atoms with Crippen molar-refractivity contribution in [3.8, 4) is 11.6 Å². The fourth-order valence-electron chi connectivity index (χ4n) is 3.61. The van der Waals surface area contributed by atoms with Crippen LogP contribution in [0.15, 0.2) is 49.1 Å². The average molecular weight is 449 g/mol. The molecule has 4 heterocycles. The molecular formula is C23H21ClN6O2. The molecule has 162 valence electrons. The van der Waals surface area contributed by atoms with E-state index in [0.29, 0.717) is 35.6 Å². The van der Waals surface area contributed by atoms with Crippen molar-refractivity contribution in [1.29, 1.82) is 0 Å². The van der Waals surface area contributed by atoms with Crippen LogP contribution in [0.3, 0.4) is 0 Å². The van der Waals surface area contributed by atoms with Gasteiger partial charge in [-0.15, -0.1) is 0 Å². The first-order valence-electron chi connectivity index (χ1n) is 10.2. The van der Waals surface area contributed by atoms with Gasteiger partial charge in [0, 0.05) is 17.4 Å². The predicted molar refractivity (Wildman–Crippen MR) is 121 cm³/mol. The molecule has 9 heteroatoms. The van der Waals surface area contributed by atoms with Gasteiger partial charge in [0.1, 0.15) is 12.4 Å². The van der Waals surface area contributed by atoms with Gasteiger partial charge in [0.25, 0.3) is 0 Å². The number of imidazole rings is 1. The average Bonchev–Trinajstić information content (AvgIpc) is 3.43. The van der Waals surface area contributed by atoms with Gasteiger partial charge in [-0.1, -0.05) is 23.7 Å². The molecule has 1 aliphatic heterocycles. The Labute approximate surface area is 190 Å². The molecular weight excluding hydrogens is 428 g/mol. The van der Waals surface area contributed by atoms with Crippen molar-refractivity contribution < 1.29 is 9.47 Å². The van der Waals surface area contributed by atoms with Crippen molar-refractivity contribution in [2.75, 3.05) is 13.7 Å². The second-order valence-electron chi connectivity index (χ2n) is 7.40. The summed E-state index contributed by atoms with van der Waals surface area (Å²) in [5.74, 6) is 2.72. The van der Waals surface area contributed by atoms with Crippen LogP contribution in [0.25, 0.3) is 18.0 Å². The number of hydrogen-bond acceptors (Lipinski definition) is 6. The Balaban J connectivity index is 1.40. The molecule has 32 heavy (non-hydrogen) atoms. The van der Waals surface area contributed by atoms with E-state index in [2.05, 4.69) is 15.1 Å². The molecule has 0 spiro atoms. The highest BCUT2D eigenvalue weighted by molar-refractivity contribution is 6.30. The highest BCUT2D eigenvalue weighted by Gasteiger charge is 2.26. The minimum atomic E-state index is -0.268. The van der Waals surface area contributed by atoms with Crippen LogP contribution in [-0.4, -0.2) is 43.0 Å². The van der Waals surface area contributed by atoms with Crippen molar-refractivity contribution in [2.24, 2.45) is 0 Å². The van der Waals surface area contributed by atoms with Crippen LogP contribution in [0.1, 0.15) is 34.6 Å². The molecule has 0 aliphatic carbocycles. The number of pyridine rings is 1. The lowest BCUT2D eigenvalue weighted by Gasteiger charge is -2.23. The fraction of sp³-hybridized carbons (Fsp3) is 0.217. The van der Waals surface area contributed by atoms with Gasteiger partial charge in [-0.3, -0.25) is 4.57 Å². The lowest BCUT2D eigenvalue weighted by atomic mass is 10.1. The summed E-state index contributed by atoms with van der Waals surface area (Å²) in [7, 11) is 1.62. The van der Waals surface area contributed by atoms with Gasteiger partial charge in [-0.2, -0.15) is 5.10 Å². The number of rotatable bonds is 5. The van der Waals surface area contributed by atoms with E-state index in [-0.39, 0.29) is 6.10 Å². The van der Waals surface area contributed by atoms with Crippen molar-refractivity contribution >= 4 is 23.8 Å². The molecule has 4 aromatic rings. The maximum Gasteiger partial charge on any atom is 0.180 e. The summed E-state index contributed by atoms with van der Waals surface area (Å²) in [4.78, 5) is 13.5. The van der Waals surface area contributed by atoms with Crippen LogP contribution < -0.4 is 4.74 Å². The van der Waals surface area contributed by atoms with E-state index in [1.54, 1.807) is 19.6 Å². The van der Waals surface area contributed by atoms with Crippen LogP contribution in [0.4, 0.5) is 0 Å². The lowest BCUT2D eigenvalue weighted by molar-refractivity contribution is 0.0390. The van der Waals surface area contributed by atoms with Gasteiger partial charge in [0.15, 0.2) is 23.2 Å². The van der Waals surface area contributed by atoms with Gasteiger partial charge in [-0.25, -0.2) is 19.6 Å². The molecule has 5 rings (SSSR count). The fourth-order valence-corrected chi connectivity index (χ4v) is 3.74. The van der Waals surface area contributed by atoms with Crippen molar-refractivity contribution in [3.63, 3.8) is 0 Å². The molecule has 3 aromatic heterocycles. The van der Waals surface area contributed by atoms with E-state index >= 15 is 0 Å². The summed E-state index contributed by atoms with van der Waals surface area (Å²) >= 11 is 6.02. The molecule has 8 nitrogen and oxygen atoms in total. The predicted octanol–water partition coefficient (Wildman–Crippen LogP) is 4.12. The zero-order valence-corrected chi connectivity index (χ0v) is 18.4. The van der Waals surface area contributed by atoms with Crippen LogP contribution in [0.5, 0.6) is 5.75 Å². The highest BCUT2D eigenvalue weighted by Crippen LogP contribution is 2.29. The van der Waals surface area contributed by atoms with E-state index in [1.807, 2.05) is 64.9 Å². The van der Waals surface area contributed by atoms with E-state index in [1.165, 1.54) is 0 Å². The van der Waals surface area contributed by atoms with E-state index in [0.717, 1.165) is 22.6 Å². The Hall–Kier alpha value is -3.49. The Morgan fingerprint density at radius 1 is 1.19 bits per heavy atom. The molecule has 0 fully saturated rings. The second kappa shape index (κ2) is 8.57. The number of fused-ring (bicyclic) bond motifs is 1. The van der Waals surface area contributed by atoms with Crippen molar-refractivity contribution in [1.82, 2.24) is 29.3 Å². The molecule has 0 amide bonds. The Morgan fingerprint density at radius 2 is 2.03 bits per heavy atom. The summed E-state index contributed by atoms with van der Waals surface area (Å²) in [6.45, 7) is 3.16. The number of halogens is 1. The smallest absolute Gasteiger partial charge is 0.180 e. The van der Waals surface area contributed by atoms with Crippen molar-refractivity contribution in [3.05, 3.63) is 82.5 Å². The summed E-state index contributed by atoms with van der Waals surface area (Å²) in [6, 6.07) is 9.53. The molecule has 1 aliphatic rings. The largest absolute Gasteiger partial charge is 0.493 e. The normalized spacial score (nSPS) is 15.8. The van der Waals surface area contributed by atoms with E-state index in [9.17, 15) is 0 Å². The van der Waals surface area contributed by atoms with Crippen LogP contribution in [0.2, 0.25) is 5.02 Å². The van der Waals surface area contributed by atoms with Crippen LogP contribution in [-0.2, 0) is 11.3 Å². The molecule has 0 saturated heterocycles. The standard InChI is InChI=1S/C23H21ClN6O2/c1-15-13-29(14-26-15)22-19(31-2)11-16(12-25-22)3-8-20-27-23-21(32-10-9-30(23)28-20)17-4-6-18(24)7-5-17/h3-8,11-14,21H,9-10H2,1-2H3/b8-3+/t21-/m1/s1. The summed E-state index contributed by atoms with van der Waals surface area (Å²) < 4.78 is 15.2. The SMILES string of the molecule is COc1cc(/C=C/c2nc3n(n2)CCO[C@@H]3c2ccc(Cl)cc2)cnc1-n1cnc(C)c1. The number of nitrogens with zero attached hydrogens (tertiary/aromatic N) is 6. The first-order chi connectivity index (χ1) is 15.6. The van der Waals surface area contributed by atoms with Gasteiger partial charge in [-0.05, 0) is 48.4 Å². The van der Waals surface area contributed by atoms with Crippen LogP contribution in [0, 0.1) is 6.92 Å². The molecule has 0 bridgehead atoms. The quantitative estimate of drug-likeness (QED) is 0.457. The third-order valence-electron chi connectivity index (χ3n) is 5.17. The maximum absolute atomic E-state index is 6.02. The third kappa shape index (κ3) is 4.02. The Kier molecular flexibility index (Phi) is 5.46. The summed E-state index contributed by atoms with van der Waals surface area (Å²) in [5, 5.41) is 5.31. The number of aryl methyl sites for hydroxylation is 1. The Bertz CT molecular complexity index is 1280. The summed E-state index contributed by atoms with van der Waals surface area (Å²) in [6.07, 6.45) is 8.90. The second-order valence-corrected chi connectivity index (χ2v) is 7.84. The molecule has 1 atom stereocenters. The lowest BCUT2D eigenvalue weighted by Crippen LogP contribution is -2.23. The number of hydrogen-bond donors (Lipinski definition) is 0. The zero-order valence-electron chi connectivity index (χ0n) is 17.6. The molecule has 0 saturated carbocycles. The topological polar surface area (TPSA) is 79.9 Å². The van der Waals surface area contributed by atoms with Gasteiger partial charge < -0.3 is 9.47 Å². The number of benzene rings is 1. The number of methoxy groups -OCH3 is 1. The first kappa shape index (κ1) is 20.4. The van der Waals surface area contributed by atoms with Crippen molar-refractivity contribution in [2.45, 2.75) is 19.6 Å². The first-order valence-corrected chi connectivity index (χ1v) is 10.5.